The Morgan fingerprint density at radius 2 is 2.13 bits per heavy atom. The van der Waals surface area contributed by atoms with Crippen LogP contribution in [-0.2, 0) is 0 Å². The first kappa shape index (κ1) is 8.79. The number of fused-ring (bicyclic) bond motifs is 1. The normalized spacial score (nSPS) is 18.4. The second-order valence-corrected chi connectivity index (χ2v) is 3.87. The molecule has 78 valence electrons. The molecular weight excluding hydrogens is 190 g/mol. The number of nitrogens with one attached hydrogen (secondary N) is 1. The summed E-state index contributed by atoms with van der Waals surface area (Å²) in [5, 5.41) is 8.78. The quantitative estimate of drug-likeness (QED) is 0.743. The van der Waals surface area contributed by atoms with Crippen molar-refractivity contribution in [1.82, 2.24) is 25.1 Å². The molecule has 5 heteroatoms. The van der Waals surface area contributed by atoms with Gasteiger partial charge in [0.25, 0.3) is 0 Å². The van der Waals surface area contributed by atoms with E-state index in [-0.39, 0.29) is 0 Å². The smallest absolute Gasteiger partial charge is 0.161 e. The van der Waals surface area contributed by atoms with Gasteiger partial charge in [-0.25, -0.2) is 14.6 Å². The van der Waals surface area contributed by atoms with E-state index < -0.39 is 0 Å². The topological polar surface area (TPSA) is 55.6 Å². The van der Waals surface area contributed by atoms with Crippen molar-refractivity contribution in [2.75, 3.05) is 13.1 Å². The van der Waals surface area contributed by atoms with Crippen molar-refractivity contribution >= 4 is 11.0 Å². The second kappa shape index (κ2) is 3.58. The van der Waals surface area contributed by atoms with E-state index in [0.29, 0.717) is 6.04 Å². The summed E-state index contributed by atoms with van der Waals surface area (Å²) in [5.41, 5.74) is 0.955. The van der Waals surface area contributed by atoms with E-state index in [2.05, 4.69) is 20.4 Å². The maximum atomic E-state index is 4.41. The highest BCUT2D eigenvalue weighted by Gasteiger charge is 2.17. The van der Waals surface area contributed by atoms with Crippen molar-refractivity contribution in [3.8, 4) is 0 Å². The van der Waals surface area contributed by atoms with E-state index in [9.17, 15) is 0 Å². The average molecular weight is 203 g/mol. The monoisotopic (exact) mass is 203 g/mol. The van der Waals surface area contributed by atoms with Gasteiger partial charge in [0.05, 0.1) is 17.6 Å². The van der Waals surface area contributed by atoms with E-state index in [1.807, 2.05) is 17.1 Å². The van der Waals surface area contributed by atoms with Crippen LogP contribution in [0.2, 0.25) is 0 Å². The number of nitrogens with zero attached hydrogens (tertiary/aromatic N) is 4. The molecule has 0 saturated carbocycles. The number of aromatic nitrogens is 4. The van der Waals surface area contributed by atoms with Crippen molar-refractivity contribution in [3.63, 3.8) is 0 Å². The highest BCUT2D eigenvalue weighted by molar-refractivity contribution is 5.72. The molecule has 1 N–H and O–H groups in total. The standard InChI is InChI=1S/C10H13N5/c1-3-11-4-2-9(1)15-10-8(6-14-15)5-12-7-13-10/h5-7,9,11H,1-4H2. The highest BCUT2D eigenvalue weighted by atomic mass is 15.3. The lowest BCUT2D eigenvalue weighted by Crippen LogP contribution is -2.29. The largest absolute Gasteiger partial charge is 0.317 e. The Labute approximate surface area is 87.5 Å². The molecule has 0 atom stereocenters. The van der Waals surface area contributed by atoms with Crippen LogP contribution in [0.4, 0.5) is 0 Å². The van der Waals surface area contributed by atoms with Gasteiger partial charge in [0.2, 0.25) is 0 Å². The lowest BCUT2D eigenvalue weighted by atomic mass is 10.1. The molecule has 0 amide bonds. The van der Waals surface area contributed by atoms with Gasteiger partial charge in [-0.05, 0) is 25.9 Å². The number of hydrogen-bond donors (Lipinski definition) is 1. The zero-order chi connectivity index (χ0) is 10.1. The van der Waals surface area contributed by atoms with Crippen LogP contribution in [-0.4, -0.2) is 32.8 Å². The Kier molecular flexibility index (Phi) is 2.10. The van der Waals surface area contributed by atoms with Gasteiger partial charge in [0.1, 0.15) is 6.33 Å². The Morgan fingerprint density at radius 1 is 1.27 bits per heavy atom. The van der Waals surface area contributed by atoms with Crippen LogP contribution in [0.5, 0.6) is 0 Å². The second-order valence-electron chi connectivity index (χ2n) is 3.87. The minimum atomic E-state index is 0.485. The lowest BCUT2D eigenvalue weighted by Gasteiger charge is -2.23. The molecule has 1 aliphatic rings. The molecule has 3 heterocycles. The average Bonchev–Trinajstić information content (AvgIpc) is 2.74. The van der Waals surface area contributed by atoms with Crippen molar-refractivity contribution in [1.29, 1.82) is 0 Å². The summed E-state index contributed by atoms with van der Waals surface area (Å²) in [7, 11) is 0. The fraction of sp³-hybridized carbons (Fsp3) is 0.500. The summed E-state index contributed by atoms with van der Waals surface area (Å²) in [6.07, 6.45) is 7.49. The van der Waals surface area contributed by atoms with Crippen molar-refractivity contribution in [2.45, 2.75) is 18.9 Å². The summed E-state index contributed by atoms with van der Waals surface area (Å²) < 4.78 is 2.04. The van der Waals surface area contributed by atoms with Crippen LogP contribution < -0.4 is 5.32 Å². The number of piperidine rings is 1. The zero-order valence-electron chi connectivity index (χ0n) is 8.43. The molecule has 0 unspecified atom stereocenters. The van der Waals surface area contributed by atoms with Crippen molar-refractivity contribution in [2.24, 2.45) is 0 Å². The molecule has 15 heavy (non-hydrogen) atoms. The molecule has 2 aromatic heterocycles. The van der Waals surface area contributed by atoms with Gasteiger partial charge in [0, 0.05) is 6.20 Å². The Balaban J connectivity index is 2.02. The molecule has 1 fully saturated rings. The minimum Gasteiger partial charge on any atom is -0.317 e. The molecule has 0 radical (unpaired) electrons. The Hall–Kier alpha value is -1.49. The van der Waals surface area contributed by atoms with Crippen LogP contribution in [0.3, 0.4) is 0 Å². The van der Waals surface area contributed by atoms with Crippen LogP contribution in [0.15, 0.2) is 18.7 Å². The molecule has 3 rings (SSSR count). The summed E-state index contributed by atoms with van der Waals surface area (Å²) >= 11 is 0. The minimum absolute atomic E-state index is 0.485. The fourth-order valence-electron chi connectivity index (χ4n) is 2.11. The van der Waals surface area contributed by atoms with Crippen molar-refractivity contribution in [3.05, 3.63) is 18.7 Å². The molecule has 0 bridgehead atoms. The van der Waals surface area contributed by atoms with Gasteiger partial charge in [-0.1, -0.05) is 0 Å². The van der Waals surface area contributed by atoms with Gasteiger partial charge >= 0.3 is 0 Å². The maximum Gasteiger partial charge on any atom is 0.161 e. The molecule has 1 saturated heterocycles. The lowest BCUT2D eigenvalue weighted by molar-refractivity contribution is 0.349. The first-order valence-corrected chi connectivity index (χ1v) is 5.29. The third-order valence-corrected chi connectivity index (χ3v) is 2.91. The van der Waals surface area contributed by atoms with Gasteiger partial charge < -0.3 is 5.32 Å². The van der Waals surface area contributed by atoms with Gasteiger partial charge in [-0.15, -0.1) is 0 Å². The summed E-state index contributed by atoms with van der Waals surface area (Å²) in [6.45, 7) is 2.13. The molecule has 0 spiro atoms. The van der Waals surface area contributed by atoms with Gasteiger partial charge in [-0.2, -0.15) is 5.10 Å². The summed E-state index contributed by atoms with van der Waals surface area (Å²) in [6, 6.07) is 0.485. The number of hydrogen-bond acceptors (Lipinski definition) is 4. The first-order chi connectivity index (χ1) is 7.45. The zero-order valence-corrected chi connectivity index (χ0v) is 8.43. The summed E-state index contributed by atoms with van der Waals surface area (Å²) in [5.74, 6) is 0. The van der Waals surface area contributed by atoms with Crippen molar-refractivity contribution < 1.29 is 0 Å². The van der Waals surface area contributed by atoms with E-state index in [1.165, 1.54) is 0 Å². The van der Waals surface area contributed by atoms with Crippen LogP contribution in [0, 0.1) is 0 Å². The predicted molar refractivity (Wildman–Crippen MR) is 56.5 cm³/mol. The molecular formula is C10H13N5. The third kappa shape index (κ3) is 1.48. The SMILES string of the molecule is c1ncc2cnn(C3CCNCC3)c2n1. The molecule has 5 nitrogen and oxygen atoms in total. The van der Waals surface area contributed by atoms with Crippen LogP contribution in [0.25, 0.3) is 11.0 Å². The van der Waals surface area contributed by atoms with Gasteiger partial charge in [0.15, 0.2) is 5.65 Å². The first-order valence-electron chi connectivity index (χ1n) is 5.29. The third-order valence-electron chi connectivity index (χ3n) is 2.91. The Morgan fingerprint density at radius 3 is 3.00 bits per heavy atom. The van der Waals surface area contributed by atoms with Gasteiger partial charge in [-0.3, -0.25) is 0 Å². The van der Waals surface area contributed by atoms with E-state index in [1.54, 1.807) is 6.33 Å². The van der Waals surface area contributed by atoms with E-state index >= 15 is 0 Å². The summed E-state index contributed by atoms with van der Waals surface area (Å²) in [4.78, 5) is 8.28. The fourth-order valence-corrected chi connectivity index (χ4v) is 2.11. The number of rotatable bonds is 1. The predicted octanol–water partition coefficient (Wildman–Crippen LogP) is 0.751. The van der Waals surface area contributed by atoms with E-state index in [0.717, 1.165) is 37.0 Å². The molecule has 0 aliphatic carbocycles. The van der Waals surface area contributed by atoms with Crippen LogP contribution in [0.1, 0.15) is 18.9 Å². The molecule has 2 aromatic rings. The maximum absolute atomic E-state index is 4.41. The highest BCUT2D eigenvalue weighted by Crippen LogP contribution is 2.21. The molecule has 1 aliphatic heterocycles. The van der Waals surface area contributed by atoms with E-state index in [4.69, 9.17) is 0 Å². The molecule has 0 aromatic carbocycles. The van der Waals surface area contributed by atoms with Crippen LogP contribution >= 0.6 is 0 Å². The Bertz CT molecular complexity index is 458.